The van der Waals surface area contributed by atoms with Crippen molar-refractivity contribution in [1.29, 1.82) is 0 Å². The Morgan fingerprint density at radius 2 is 1.90 bits per heavy atom. The molecule has 2 N–H and O–H groups in total. The Bertz CT molecular complexity index is 831. The molecule has 5 heteroatoms. The van der Waals surface area contributed by atoms with Crippen LogP contribution in [0.25, 0.3) is 0 Å². The molecule has 0 spiro atoms. The number of ether oxygens (including phenoxy) is 1. The number of aliphatic imine (C=N–C) groups is 1. The fourth-order valence-electron chi connectivity index (χ4n) is 4.60. The molecule has 170 valence electrons. The second-order valence-corrected chi connectivity index (χ2v) is 9.88. The Morgan fingerprint density at radius 3 is 2.61 bits per heavy atom. The molecule has 31 heavy (non-hydrogen) atoms. The zero-order valence-electron chi connectivity index (χ0n) is 19.9. The average molecular weight is 426 g/mol. The summed E-state index contributed by atoms with van der Waals surface area (Å²) in [5.74, 6) is 0.710. The molecule has 3 aliphatic rings. The molecular weight excluding hydrogens is 386 g/mol. The average Bonchev–Trinajstić information content (AvgIpc) is 2.96. The van der Waals surface area contributed by atoms with Crippen LogP contribution < -0.4 is 10.6 Å². The maximum atomic E-state index is 11.9. The zero-order chi connectivity index (χ0) is 22.4. The fourth-order valence-corrected chi connectivity index (χ4v) is 4.60. The molecule has 0 atom stereocenters. The summed E-state index contributed by atoms with van der Waals surface area (Å²) in [7, 11) is 0. The maximum absolute atomic E-state index is 11.9. The van der Waals surface area contributed by atoms with Gasteiger partial charge in [-0.3, -0.25) is 4.99 Å². The highest BCUT2D eigenvalue weighted by atomic mass is 16.6. The van der Waals surface area contributed by atoms with E-state index in [0.717, 1.165) is 18.7 Å². The van der Waals surface area contributed by atoms with Gasteiger partial charge >= 0.3 is 6.09 Å². The number of allylic oxidation sites excluding steroid dienone is 6. The standard InChI is InChI=1S/C26H39N3O2/c1-18-11-12-21(20-9-7-6-8-10-20)17-22-23(18)24(19(2)13-14-27-22)28-15-16-29-25(30)31-26(3,4)5/h11-13,20,27H,6-10,14-17H2,1-5H3,(H,29,30). The Labute approximate surface area is 187 Å². The van der Waals surface area contributed by atoms with Crippen LogP contribution in [0.1, 0.15) is 73.1 Å². The van der Waals surface area contributed by atoms with Crippen LogP contribution in [0.3, 0.4) is 0 Å². The minimum Gasteiger partial charge on any atom is -0.444 e. The van der Waals surface area contributed by atoms with Crippen LogP contribution in [0.2, 0.25) is 0 Å². The van der Waals surface area contributed by atoms with Crippen LogP contribution in [0.4, 0.5) is 4.79 Å². The van der Waals surface area contributed by atoms with E-state index in [2.05, 4.69) is 42.7 Å². The minimum atomic E-state index is -0.493. The van der Waals surface area contributed by atoms with Gasteiger partial charge in [0.15, 0.2) is 0 Å². The summed E-state index contributed by atoms with van der Waals surface area (Å²) in [6.07, 6.45) is 14.1. The quantitative estimate of drug-likeness (QED) is 0.575. The number of carbonyl (C=O) groups is 1. The summed E-state index contributed by atoms with van der Waals surface area (Å²) in [5.41, 5.74) is 7.05. The molecule has 0 bridgehead atoms. The maximum Gasteiger partial charge on any atom is 0.407 e. The number of hydrogen-bond acceptors (Lipinski definition) is 4. The first-order valence-corrected chi connectivity index (χ1v) is 11.8. The summed E-state index contributed by atoms with van der Waals surface area (Å²) in [5, 5.41) is 6.48. The van der Waals surface area contributed by atoms with Gasteiger partial charge in [-0.1, -0.05) is 43.1 Å². The fraction of sp³-hybridized carbons (Fsp3) is 0.615. The van der Waals surface area contributed by atoms with Gasteiger partial charge in [0.2, 0.25) is 0 Å². The van der Waals surface area contributed by atoms with Crippen LogP contribution in [0, 0.1) is 5.92 Å². The van der Waals surface area contributed by atoms with Gasteiger partial charge in [0.05, 0.1) is 12.3 Å². The predicted molar refractivity (Wildman–Crippen MR) is 128 cm³/mol. The van der Waals surface area contributed by atoms with Crippen molar-refractivity contribution in [1.82, 2.24) is 10.6 Å². The zero-order valence-corrected chi connectivity index (χ0v) is 19.9. The molecule has 0 aromatic carbocycles. The molecular formula is C26H39N3O2. The van der Waals surface area contributed by atoms with Crippen molar-refractivity contribution in [2.24, 2.45) is 10.9 Å². The van der Waals surface area contributed by atoms with E-state index in [1.54, 1.807) is 5.57 Å². The van der Waals surface area contributed by atoms with Gasteiger partial charge in [-0.05, 0) is 64.5 Å². The van der Waals surface area contributed by atoms with E-state index in [9.17, 15) is 4.79 Å². The first-order valence-electron chi connectivity index (χ1n) is 11.8. The summed E-state index contributed by atoms with van der Waals surface area (Å²) in [6, 6.07) is 0. The van der Waals surface area contributed by atoms with E-state index in [0.29, 0.717) is 19.0 Å². The first-order chi connectivity index (χ1) is 14.7. The van der Waals surface area contributed by atoms with Crippen molar-refractivity contribution in [2.75, 3.05) is 19.6 Å². The van der Waals surface area contributed by atoms with Gasteiger partial charge in [-0.25, -0.2) is 4.79 Å². The summed E-state index contributed by atoms with van der Waals surface area (Å²) < 4.78 is 5.31. The molecule has 1 aliphatic heterocycles. The molecule has 2 aliphatic carbocycles. The van der Waals surface area contributed by atoms with E-state index < -0.39 is 11.7 Å². The smallest absolute Gasteiger partial charge is 0.407 e. The summed E-state index contributed by atoms with van der Waals surface area (Å²) >= 11 is 0. The molecule has 0 aromatic rings. The van der Waals surface area contributed by atoms with Gasteiger partial charge < -0.3 is 15.4 Å². The Morgan fingerprint density at radius 1 is 1.16 bits per heavy atom. The first kappa shape index (κ1) is 23.4. The highest BCUT2D eigenvalue weighted by Crippen LogP contribution is 2.36. The Kier molecular flexibility index (Phi) is 7.79. The van der Waals surface area contributed by atoms with Crippen LogP contribution in [-0.4, -0.2) is 37.0 Å². The second-order valence-electron chi connectivity index (χ2n) is 9.88. The number of amides is 1. The van der Waals surface area contributed by atoms with Crippen molar-refractivity contribution in [2.45, 2.75) is 78.7 Å². The number of nitrogens with zero attached hydrogens (tertiary/aromatic N) is 1. The van der Waals surface area contributed by atoms with E-state index in [1.165, 1.54) is 54.5 Å². The summed E-state index contributed by atoms with van der Waals surface area (Å²) in [4.78, 5) is 16.8. The van der Waals surface area contributed by atoms with Gasteiger partial charge in [0.1, 0.15) is 5.60 Å². The van der Waals surface area contributed by atoms with E-state index in [-0.39, 0.29) is 0 Å². The lowest BCUT2D eigenvalue weighted by Crippen LogP contribution is -2.33. The third kappa shape index (κ3) is 6.59. The molecule has 3 rings (SSSR count). The van der Waals surface area contributed by atoms with Crippen LogP contribution in [-0.2, 0) is 4.74 Å². The largest absolute Gasteiger partial charge is 0.444 e. The Hall–Kier alpha value is -2.30. The number of nitrogens with one attached hydrogen (secondary N) is 2. The normalized spacial score (nSPS) is 21.8. The van der Waals surface area contributed by atoms with Crippen molar-refractivity contribution in [3.63, 3.8) is 0 Å². The Balaban J connectivity index is 1.75. The van der Waals surface area contributed by atoms with Crippen molar-refractivity contribution >= 4 is 11.8 Å². The minimum absolute atomic E-state index is 0.394. The lowest BCUT2D eigenvalue weighted by atomic mass is 9.82. The second kappa shape index (κ2) is 10.3. The predicted octanol–water partition coefficient (Wildman–Crippen LogP) is 5.61. The highest BCUT2D eigenvalue weighted by Gasteiger charge is 2.25. The molecule has 0 radical (unpaired) electrons. The molecule has 0 aromatic heterocycles. The highest BCUT2D eigenvalue weighted by molar-refractivity contribution is 6.15. The van der Waals surface area contributed by atoms with E-state index in [4.69, 9.17) is 9.73 Å². The van der Waals surface area contributed by atoms with Gasteiger partial charge in [0, 0.05) is 30.8 Å². The molecule has 0 saturated heterocycles. The number of hydrogen-bond donors (Lipinski definition) is 2. The molecule has 1 heterocycles. The van der Waals surface area contributed by atoms with Gasteiger partial charge in [-0.15, -0.1) is 0 Å². The van der Waals surface area contributed by atoms with E-state index in [1.807, 2.05) is 20.8 Å². The van der Waals surface area contributed by atoms with Crippen molar-refractivity contribution in [3.05, 3.63) is 46.2 Å². The molecule has 1 fully saturated rings. The van der Waals surface area contributed by atoms with Crippen LogP contribution >= 0.6 is 0 Å². The molecule has 0 unspecified atom stereocenters. The van der Waals surface area contributed by atoms with Crippen molar-refractivity contribution in [3.8, 4) is 0 Å². The lowest BCUT2D eigenvalue weighted by molar-refractivity contribution is 0.0529. The van der Waals surface area contributed by atoms with Crippen molar-refractivity contribution < 1.29 is 9.53 Å². The van der Waals surface area contributed by atoms with E-state index >= 15 is 0 Å². The van der Waals surface area contributed by atoms with Gasteiger partial charge in [-0.2, -0.15) is 0 Å². The third-order valence-corrected chi connectivity index (χ3v) is 6.14. The number of rotatable bonds is 4. The summed E-state index contributed by atoms with van der Waals surface area (Å²) in [6.45, 7) is 11.7. The van der Waals surface area contributed by atoms with Crippen LogP contribution in [0.5, 0.6) is 0 Å². The van der Waals surface area contributed by atoms with Crippen LogP contribution in [0.15, 0.2) is 51.2 Å². The SMILES string of the molecule is CC1=CCNC2=C(C(C)=CC=C(C3CCCCC3)C2)C1=NCCNC(=O)OC(C)(C)C. The lowest BCUT2D eigenvalue weighted by Gasteiger charge is -2.25. The molecule has 1 saturated carbocycles. The third-order valence-electron chi connectivity index (χ3n) is 6.14. The number of carbonyl (C=O) groups excluding carboxylic acids is 1. The number of alkyl carbamates (subject to hydrolysis) is 1. The monoisotopic (exact) mass is 425 g/mol. The van der Waals surface area contributed by atoms with Gasteiger partial charge in [0.25, 0.3) is 0 Å². The topological polar surface area (TPSA) is 62.7 Å². The molecule has 5 nitrogen and oxygen atoms in total. The molecule has 1 amide bonds.